The second kappa shape index (κ2) is 3.56. The quantitative estimate of drug-likeness (QED) is 0.541. The van der Waals surface area contributed by atoms with Crippen LogP contribution in [0.4, 0.5) is 11.4 Å². The third-order valence-corrected chi connectivity index (χ3v) is 3.10. The fourth-order valence-corrected chi connectivity index (χ4v) is 2.27. The number of hydrogen-bond donors (Lipinski definition) is 2. The first kappa shape index (κ1) is 10.3. The van der Waals surface area contributed by atoms with E-state index in [9.17, 15) is 4.79 Å². The molecule has 0 spiro atoms. The first-order chi connectivity index (χ1) is 8.15. The van der Waals surface area contributed by atoms with Crippen molar-refractivity contribution >= 4 is 34.6 Å². The van der Waals surface area contributed by atoms with Crippen LogP contribution in [0.2, 0.25) is 0 Å². The molecule has 0 saturated carbocycles. The molecular formula is C12H10N2O2S. The summed E-state index contributed by atoms with van der Waals surface area (Å²) in [5, 5.41) is 6.27. The van der Waals surface area contributed by atoms with Crippen LogP contribution in [0.3, 0.4) is 0 Å². The molecule has 5 heteroatoms. The Hall–Kier alpha value is -1.88. The molecule has 0 radical (unpaired) electrons. The number of cyclic esters (lactones) is 1. The van der Waals surface area contributed by atoms with Crippen LogP contribution in [-0.4, -0.2) is 17.6 Å². The first-order valence-corrected chi connectivity index (χ1v) is 5.65. The summed E-state index contributed by atoms with van der Waals surface area (Å²) >= 11 is 5.21. The third-order valence-electron chi connectivity index (χ3n) is 2.79. The van der Waals surface area contributed by atoms with Crippen molar-refractivity contribution < 1.29 is 9.53 Å². The Morgan fingerprint density at radius 1 is 1.29 bits per heavy atom. The van der Waals surface area contributed by atoms with Gasteiger partial charge in [-0.3, -0.25) is 0 Å². The van der Waals surface area contributed by atoms with Crippen molar-refractivity contribution in [1.29, 1.82) is 0 Å². The van der Waals surface area contributed by atoms with E-state index in [1.165, 1.54) is 0 Å². The van der Waals surface area contributed by atoms with Gasteiger partial charge in [0.1, 0.15) is 17.2 Å². The van der Waals surface area contributed by atoms with Gasteiger partial charge in [-0.15, -0.1) is 0 Å². The summed E-state index contributed by atoms with van der Waals surface area (Å²) in [7, 11) is 0. The highest BCUT2D eigenvalue weighted by Gasteiger charge is 2.31. The van der Waals surface area contributed by atoms with Gasteiger partial charge < -0.3 is 15.4 Å². The molecule has 0 amide bonds. The normalized spacial score (nSPS) is 17.7. The van der Waals surface area contributed by atoms with Gasteiger partial charge in [-0.2, -0.15) is 0 Å². The minimum absolute atomic E-state index is 0.253. The molecular weight excluding hydrogens is 236 g/mol. The van der Waals surface area contributed by atoms with Crippen molar-refractivity contribution in [2.24, 2.45) is 0 Å². The average Bonchev–Trinajstić information content (AvgIpc) is 2.56. The number of benzene rings is 1. The molecule has 2 aliphatic heterocycles. The maximum Gasteiger partial charge on any atom is 0.343 e. The molecule has 2 heterocycles. The predicted molar refractivity (Wildman–Crippen MR) is 69.0 cm³/mol. The van der Waals surface area contributed by atoms with Crippen LogP contribution in [0.1, 0.15) is 5.56 Å². The summed E-state index contributed by atoms with van der Waals surface area (Å²) in [5.74, 6) is -0.366. The number of ether oxygens (including phenoxy) is 1. The van der Waals surface area contributed by atoms with Gasteiger partial charge in [0.25, 0.3) is 0 Å². The monoisotopic (exact) mass is 246 g/mol. The maximum absolute atomic E-state index is 11.5. The number of esters is 1. The van der Waals surface area contributed by atoms with Crippen LogP contribution in [-0.2, 0) is 9.53 Å². The van der Waals surface area contributed by atoms with E-state index in [1.807, 2.05) is 25.1 Å². The van der Waals surface area contributed by atoms with E-state index in [2.05, 4.69) is 10.6 Å². The van der Waals surface area contributed by atoms with Crippen molar-refractivity contribution in [3.8, 4) is 0 Å². The Morgan fingerprint density at radius 2 is 2.12 bits per heavy atom. The lowest BCUT2D eigenvalue weighted by atomic mass is 10.2. The summed E-state index contributed by atoms with van der Waals surface area (Å²) in [6.45, 7) is 2.26. The van der Waals surface area contributed by atoms with E-state index >= 15 is 0 Å². The molecule has 0 bridgehead atoms. The highest BCUT2D eigenvalue weighted by atomic mass is 32.1. The fourth-order valence-electron chi connectivity index (χ4n) is 1.95. The number of fused-ring (bicyclic) bond motifs is 1. The van der Waals surface area contributed by atoms with E-state index in [4.69, 9.17) is 17.0 Å². The van der Waals surface area contributed by atoms with E-state index in [0.29, 0.717) is 10.6 Å². The van der Waals surface area contributed by atoms with Crippen molar-refractivity contribution in [3.05, 3.63) is 35.0 Å². The number of carbonyl (C=O) groups excluding carboxylic acids is 1. The van der Waals surface area contributed by atoms with Gasteiger partial charge in [0.15, 0.2) is 0 Å². The zero-order valence-electron chi connectivity index (χ0n) is 9.16. The highest BCUT2D eigenvalue weighted by molar-refractivity contribution is 7.81. The van der Waals surface area contributed by atoms with Gasteiger partial charge in [0.2, 0.25) is 0 Å². The second-order valence-corrected chi connectivity index (χ2v) is 4.47. The Labute approximate surface area is 104 Å². The van der Waals surface area contributed by atoms with Gasteiger partial charge in [-0.1, -0.05) is 18.3 Å². The molecule has 86 valence electrons. The van der Waals surface area contributed by atoms with Gasteiger partial charge in [-0.25, -0.2) is 4.79 Å². The Balaban J connectivity index is 2.11. The summed E-state index contributed by atoms with van der Waals surface area (Å²) < 4.78 is 4.97. The van der Waals surface area contributed by atoms with Crippen LogP contribution >= 0.6 is 12.2 Å². The van der Waals surface area contributed by atoms with Gasteiger partial charge >= 0.3 is 5.97 Å². The summed E-state index contributed by atoms with van der Waals surface area (Å²) in [5.41, 5.74) is 4.10. The predicted octanol–water partition coefficient (Wildman–Crippen LogP) is 1.97. The van der Waals surface area contributed by atoms with Crippen molar-refractivity contribution in [1.82, 2.24) is 0 Å². The zero-order chi connectivity index (χ0) is 12.0. The third kappa shape index (κ3) is 1.59. The Bertz CT molecular complexity index is 578. The Morgan fingerprint density at radius 3 is 2.94 bits per heavy atom. The number of rotatable bonds is 0. The topological polar surface area (TPSA) is 50.4 Å². The molecule has 0 aromatic heterocycles. The molecule has 0 atom stereocenters. The molecule has 3 rings (SSSR count). The number of nitrogens with one attached hydrogen (secondary N) is 2. The standard InChI is InChI=1S/C12H10N2O2S/c1-6-2-3-7-8(4-6)13-9-5-16-12(15)10(9)11(17)14-7/h2-4,13H,5H2,1H3,(H,14,17). The maximum atomic E-state index is 11.5. The fraction of sp³-hybridized carbons (Fsp3) is 0.167. The van der Waals surface area contributed by atoms with E-state index in [1.54, 1.807) is 0 Å². The van der Waals surface area contributed by atoms with Crippen molar-refractivity contribution in [3.63, 3.8) is 0 Å². The van der Waals surface area contributed by atoms with E-state index in [0.717, 1.165) is 22.6 Å². The lowest BCUT2D eigenvalue weighted by Crippen LogP contribution is -2.16. The molecule has 0 aliphatic carbocycles. The second-order valence-electron chi connectivity index (χ2n) is 4.06. The average molecular weight is 246 g/mol. The first-order valence-electron chi connectivity index (χ1n) is 5.24. The number of aryl methyl sites for hydroxylation is 1. The lowest BCUT2D eigenvalue weighted by molar-refractivity contribution is -0.135. The van der Waals surface area contributed by atoms with E-state index in [-0.39, 0.29) is 12.6 Å². The van der Waals surface area contributed by atoms with Gasteiger partial charge in [0.05, 0.1) is 17.1 Å². The molecule has 4 nitrogen and oxygen atoms in total. The summed E-state index contributed by atoms with van der Waals surface area (Å²) in [4.78, 5) is 12.0. The van der Waals surface area contributed by atoms with Crippen LogP contribution in [0.15, 0.2) is 29.5 Å². The molecule has 0 unspecified atom stereocenters. The molecule has 2 N–H and O–H groups in total. The van der Waals surface area contributed by atoms with Crippen LogP contribution < -0.4 is 10.6 Å². The number of thiocarbonyl (C=S) groups is 1. The minimum atomic E-state index is -0.366. The van der Waals surface area contributed by atoms with Crippen LogP contribution in [0.25, 0.3) is 0 Å². The molecule has 0 fully saturated rings. The van der Waals surface area contributed by atoms with E-state index < -0.39 is 0 Å². The Kier molecular flexibility index (Phi) is 2.16. The smallest absolute Gasteiger partial charge is 0.343 e. The summed E-state index contributed by atoms with van der Waals surface area (Å²) in [6, 6.07) is 5.94. The summed E-state index contributed by atoms with van der Waals surface area (Å²) in [6.07, 6.45) is 0. The van der Waals surface area contributed by atoms with Crippen molar-refractivity contribution in [2.45, 2.75) is 6.92 Å². The highest BCUT2D eigenvalue weighted by Crippen LogP contribution is 2.31. The SMILES string of the molecule is Cc1ccc2c(c1)NC1=C(C(=O)OC1)C(=S)N2. The number of anilines is 2. The molecule has 1 aromatic carbocycles. The van der Waals surface area contributed by atoms with Crippen LogP contribution in [0.5, 0.6) is 0 Å². The molecule has 17 heavy (non-hydrogen) atoms. The minimum Gasteiger partial charge on any atom is -0.456 e. The van der Waals surface area contributed by atoms with Crippen LogP contribution in [0, 0.1) is 6.92 Å². The number of carbonyl (C=O) groups is 1. The molecule has 0 saturated heterocycles. The number of hydrogen-bond acceptors (Lipinski definition) is 4. The van der Waals surface area contributed by atoms with Crippen molar-refractivity contribution in [2.75, 3.05) is 17.2 Å². The van der Waals surface area contributed by atoms with Gasteiger partial charge in [0, 0.05) is 0 Å². The lowest BCUT2D eigenvalue weighted by Gasteiger charge is -2.11. The largest absolute Gasteiger partial charge is 0.456 e. The zero-order valence-corrected chi connectivity index (χ0v) is 9.98. The molecule has 2 aliphatic rings. The van der Waals surface area contributed by atoms with Gasteiger partial charge in [-0.05, 0) is 24.6 Å². The molecule has 1 aromatic rings.